The Kier molecular flexibility index (Phi) is 6.40. The molecule has 2 aromatic rings. The Hall–Kier alpha value is -3.07. The number of benzene rings is 2. The van der Waals surface area contributed by atoms with Gasteiger partial charge in [0.2, 0.25) is 0 Å². The Bertz CT molecular complexity index is 874. The van der Waals surface area contributed by atoms with Crippen molar-refractivity contribution < 1.29 is 28.6 Å². The highest BCUT2D eigenvalue weighted by Gasteiger charge is 2.19. The van der Waals surface area contributed by atoms with E-state index in [1.807, 2.05) is 0 Å². The predicted octanol–water partition coefficient (Wildman–Crippen LogP) is 2.45. The van der Waals surface area contributed by atoms with Crippen LogP contribution in [0.25, 0.3) is 0 Å². The number of hydrogen-bond donors (Lipinski definition) is 2. The fraction of sp³-hybridized carbons (Fsp3) is 0.278. The molecule has 0 aromatic heterocycles. The molecule has 0 radical (unpaired) electrons. The highest BCUT2D eigenvalue weighted by molar-refractivity contribution is 5.92. The summed E-state index contributed by atoms with van der Waals surface area (Å²) < 4.78 is 31.3. The van der Waals surface area contributed by atoms with Crippen LogP contribution in [0.2, 0.25) is 0 Å². The normalized spacial score (nSPS) is 11.7. The third kappa shape index (κ3) is 4.98. The average molecular weight is 380 g/mol. The molecule has 27 heavy (non-hydrogen) atoms. The van der Waals surface area contributed by atoms with Gasteiger partial charge in [-0.15, -0.1) is 0 Å². The molecule has 0 aliphatic rings. The van der Waals surface area contributed by atoms with Crippen LogP contribution in [0.5, 0.6) is 5.75 Å². The number of carbonyl (C=O) groups excluding carboxylic acids is 1. The zero-order valence-electron chi connectivity index (χ0n) is 15.1. The molecular formula is C18H20F2N3O4+. The summed E-state index contributed by atoms with van der Waals surface area (Å²) in [6, 6.07) is 6.05. The van der Waals surface area contributed by atoms with Crippen LogP contribution in [-0.4, -0.2) is 24.5 Å². The van der Waals surface area contributed by atoms with Crippen LogP contribution in [0.15, 0.2) is 30.3 Å². The van der Waals surface area contributed by atoms with Gasteiger partial charge in [-0.3, -0.25) is 14.9 Å². The molecule has 7 nitrogen and oxygen atoms in total. The molecule has 9 heteroatoms. The molecule has 0 bridgehead atoms. The molecule has 2 aromatic carbocycles. The SMILES string of the molecule is COc1cc(NC(=O)C[NH2+][C@@H](C)c2ccc(F)c(F)c2)c(C)cc1[N+](=O)[O-]. The average Bonchev–Trinajstić information content (AvgIpc) is 2.63. The van der Waals surface area contributed by atoms with Crippen LogP contribution >= 0.6 is 0 Å². The van der Waals surface area contributed by atoms with Gasteiger partial charge in [0, 0.05) is 23.4 Å². The molecule has 0 unspecified atom stereocenters. The van der Waals surface area contributed by atoms with Crippen LogP contribution in [0, 0.1) is 28.7 Å². The number of anilines is 1. The monoisotopic (exact) mass is 380 g/mol. The summed E-state index contributed by atoms with van der Waals surface area (Å²) in [7, 11) is 1.31. The van der Waals surface area contributed by atoms with Crippen molar-refractivity contribution in [3.63, 3.8) is 0 Å². The van der Waals surface area contributed by atoms with E-state index in [-0.39, 0.29) is 29.9 Å². The van der Waals surface area contributed by atoms with Crippen molar-refractivity contribution in [2.75, 3.05) is 19.0 Å². The van der Waals surface area contributed by atoms with E-state index < -0.39 is 16.6 Å². The molecule has 0 saturated heterocycles. The van der Waals surface area contributed by atoms with Crippen molar-refractivity contribution in [3.05, 3.63) is 63.2 Å². The minimum atomic E-state index is -0.939. The number of methoxy groups -OCH3 is 1. The summed E-state index contributed by atoms with van der Waals surface area (Å²) in [5, 5.41) is 15.3. The van der Waals surface area contributed by atoms with E-state index in [0.29, 0.717) is 16.8 Å². The third-order valence-electron chi connectivity index (χ3n) is 4.12. The van der Waals surface area contributed by atoms with Crippen LogP contribution in [-0.2, 0) is 4.79 Å². The molecule has 3 N–H and O–H groups in total. The Balaban J connectivity index is 2.03. The molecule has 0 saturated carbocycles. The third-order valence-corrected chi connectivity index (χ3v) is 4.12. The molecule has 0 aliphatic carbocycles. The quantitative estimate of drug-likeness (QED) is 0.569. The lowest BCUT2D eigenvalue weighted by molar-refractivity contribution is -0.682. The maximum absolute atomic E-state index is 13.3. The second-order valence-electron chi connectivity index (χ2n) is 6.05. The number of hydrogen-bond acceptors (Lipinski definition) is 4. The smallest absolute Gasteiger partial charge is 0.311 e. The molecule has 1 atom stereocenters. The van der Waals surface area contributed by atoms with Gasteiger partial charge >= 0.3 is 5.69 Å². The number of nitro groups is 1. The number of quaternary nitrogens is 1. The van der Waals surface area contributed by atoms with Gasteiger partial charge in [0.05, 0.1) is 12.0 Å². The van der Waals surface area contributed by atoms with Gasteiger partial charge in [-0.05, 0) is 37.6 Å². The maximum atomic E-state index is 13.3. The van der Waals surface area contributed by atoms with E-state index in [1.165, 1.54) is 25.3 Å². The second-order valence-corrected chi connectivity index (χ2v) is 6.05. The molecule has 1 amide bonds. The number of nitro benzene ring substituents is 1. The van der Waals surface area contributed by atoms with E-state index in [9.17, 15) is 23.7 Å². The zero-order chi connectivity index (χ0) is 20.1. The summed E-state index contributed by atoms with van der Waals surface area (Å²) in [6.07, 6.45) is 0. The number of nitrogens with two attached hydrogens (primary N) is 1. The molecule has 144 valence electrons. The largest absolute Gasteiger partial charge is 0.490 e. The van der Waals surface area contributed by atoms with Gasteiger partial charge in [0.1, 0.15) is 6.04 Å². The van der Waals surface area contributed by atoms with Crippen molar-refractivity contribution in [1.82, 2.24) is 0 Å². The number of amides is 1. The summed E-state index contributed by atoms with van der Waals surface area (Å²) >= 11 is 0. The minimum absolute atomic E-state index is 0.0267. The Morgan fingerprint density at radius 2 is 2.00 bits per heavy atom. The van der Waals surface area contributed by atoms with Crippen LogP contribution in [0.1, 0.15) is 24.1 Å². The Labute approximate surface area is 154 Å². The highest BCUT2D eigenvalue weighted by Crippen LogP contribution is 2.32. The van der Waals surface area contributed by atoms with Crippen molar-refractivity contribution >= 4 is 17.3 Å². The topological polar surface area (TPSA) is 98.1 Å². The van der Waals surface area contributed by atoms with Gasteiger partial charge in [-0.25, -0.2) is 8.78 Å². The molecule has 0 fully saturated rings. The summed E-state index contributed by atoms with van der Waals surface area (Å²) in [5.74, 6) is -2.17. The lowest BCUT2D eigenvalue weighted by Crippen LogP contribution is -2.86. The van der Waals surface area contributed by atoms with Crippen LogP contribution in [0.3, 0.4) is 0 Å². The first-order valence-electron chi connectivity index (χ1n) is 8.14. The lowest BCUT2D eigenvalue weighted by Gasteiger charge is -2.13. The maximum Gasteiger partial charge on any atom is 0.311 e. The summed E-state index contributed by atoms with van der Waals surface area (Å²) in [5.41, 5.74) is 1.28. The van der Waals surface area contributed by atoms with Gasteiger partial charge in [0.25, 0.3) is 5.91 Å². The summed E-state index contributed by atoms with van der Waals surface area (Å²) in [4.78, 5) is 22.6. The van der Waals surface area contributed by atoms with E-state index >= 15 is 0 Å². The standard InChI is InChI=1S/C18H19F2N3O4/c1-10-6-16(23(25)26)17(27-3)8-15(10)22-18(24)9-21-11(2)12-4-5-13(19)14(20)7-12/h4-8,11,21H,9H2,1-3H3,(H,22,24)/p+1/t11-/m0/s1. The van der Waals surface area contributed by atoms with Crippen molar-refractivity contribution in [3.8, 4) is 5.75 Å². The predicted molar refractivity (Wildman–Crippen MR) is 94.6 cm³/mol. The van der Waals surface area contributed by atoms with Crippen molar-refractivity contribution in [2.24, 2.45) is 0 Å². The molecule has 0 heterocycles. The van der Waals surface area contributed by atoms with E-state index in [0.717, 1.165) is 12.1 Å². The number of aryl methyl sites for hydroxylation is 1. The fourth-order valence-corrected chi connectivity index (χ4v) is 2.53. The fourth-order valence-electron chi connectivity index (χ4n) is 2.53. The van der Waals surface area contributed by atoms with Crippen molar-refractivity contribution in [1.29, 1.82) is 0 Å². The first kappa shape index (κ1) is 20.2. The van der Waals surface area contributed by atoms with E-state index in [2.05, 4.69) is 5.32 Å². The minimum Gasteiger partial charge on any atom is -0.490 e. The number of nitrogens with zero attached hydrogens (tertiary/aromatic N) is 1. The van der Waals surface area contributed by atoms with Crippen molar-refractivity contribution in [2.45, 2.75) is 19.9 Å². The van der Waals surface area contributed by atoms with Gasteiger partial charge in [0.15, 0.2) is 23.9 Å². The van der Waals surface area contributed by atoms with Crippen LogP contribution in [0.4, 0.5) is 20.2 Å². The second kappa shape index (κ2) is 8.54. The number of halogens is 2. The van der Waals surface area contributed by atoms with Gasteiger partial charge in [-0.1, -0.05) is 0 Å². The molecule has 2 rings (SSSR count). The first-order chi connectivity index (χ1) is 12.7. The van der Waals surface area contributed by atoms with E-state index in [1.54, 1.807) is 19.2 Å². The number of rotatable bonds is 7. The van der Waals surface area contributed by atoms with Crippen LogP contribution < -0.4 is 15.4 Å². The Morgan fingerprint density at radius 1 is 1.30 bits per heavy atom. The first-order valence-corrected chi connectivity index (χ1v) is 8.14. The molecule has 0 aliphatic heterocycles. The molecule has 0 spiro atoms. The van der Waals surface area contributed by atoms with E-state index in [4.69, 9.17) is 4.74 Å². The summed E-state index contributed by atoms with van der Waals surface area (Å²) in [6.45, 7) is 3.43. The van der Waals surface area contributed by atoms with Gasteiger partial charge < -0.3 is 15.4 Å². The number of nitrogens with one attached hydrogen (secondary N) is 1. The lowest BCUT2D eigenvalue weighted by atomic mass is 10.1. The number of ether oxygens (including phenoxy) is 1. The Morgan fingerprint density at radius 3 is 2.59 bits per heavy atom. The van der Waals surface area contributed by atoms with Gasteiger partial charge in [-0.2, -0.15) is 0 Å². The zero-order valence-corrected chi connectivity index (χ0v) is 15.1. The highest BCUT2D eigenvalue weighted by atomic mass is 19.2. The molecular weight excluding hydrogens is 360 g/mol. The number of carbonyl (C=O) groups is 1.